The van der Waals surface area contributed by atoms with E-state index in [1.54, 1.807) is 36.3 Å². The smallest absolute Gasteiger partial charge is 0.275 e. The Kier molecular flexibility index (Phi) is 2.98. The van der Waals surface area contributed by atoms with Gasteiger partial charge in [0.15, 0.2) is 0 Å². The third-order valence-electron chi connectivity index (χ3n) is 3.12. The van der Waals surface area contributed by atoms with Crippen LogP contribution in [0.5, 0.6) is 0 Å². The summed E-state index contributed by atoms with van der Waals surface area (Å²) < 4.78 is 1.61. The molecule has 1 aromatic heterocycles. The number of carbonyl (C=O) groups excluding carboxylic acids is 1. The van der Waals surface area contributed by atoms with Gasteiger partial charge in [0, 0.05) is 24.9 Å². The van der Waals surface area contributed by atoms with E-state index in [2.05, 4.69) is 10.2 Å². The van der Waals surface area contributed by atoms with Crippen molar-refractivity contribution in [1.82, 2.24) is 9.78 Å². The first-order valence-corrected chi connectivity index (χ1v) is 6.19. The molecule has 3 rings (SSSR count). The fourth-order valence-electron chi connectivity index (χ4n) is 2.15. The number of aromatic nitrogens is 2. The molecule has 0 saturated heterocycles. The number of para-hydroxylation sites is 2. The fraction of sp³-hybridized carbons (Fsp3) is 0.154. The predicted octanol–water partition coefficient (Wildman–Crippen LogP) is 1.47. The summed E-state index contributed by atoms with van der Waals surface area (Å²) >= 11 is 0. The number of hydrogen-bond acceptors (Lipinski definition) is 5. The van der Waals surface area contributed by atoms with Gasteiger partial charge in [-0.2, -0.15) is 15.2 Å². The van der Waals surface area contributed by atoms with E-state index in [9.17, 15) is 14.9 Å². The van der Waals surface area contributed by atoms with E-state index < -0.39 is 4.92 Å². The van der Waals surface area contributed by atoms with Gasteiger partial charge < -0.3 is 0 Å². The number of nitrogens with zero attached hydrogens (tertiary/aromatic N) is 5. The minimum absolute atomic E-state index is 0.0950. The van der Waals surface area contributed by atoms with Gasteiger partial charge in [-0.15, -0.1) is 0 Å². The van der Waals surface area contributed by atoms with Crippen LogP contribution >= 0.6 is 0 Å². The Morgan fingerprint density at radius 1 is 1.33 bits per heavy atom. The lowest BCUT2D eigenvalue weighted by Gasteiger charge is -2.11. The SMILES string of the molecule is Cn1cc(C2=NN(c3ccccc3[N+](=O)[O-])C(=O)C2)cn1. The van der Waals surface area contributed by atoms with Gasteiger partial charge in [0.25, 0.3) is 11.6 Å². The maximum Gasteiger partial charge on any atom is 0.295 e. The molecule has 106 valence electrons. The van der Waals surface area contributed by atoms with Crippen LogP contribution in [-0.2, 0) is 11.8 Å². The molecule has 0 aliphatic carbocycles. The van der Waals surface area contributed by atoms with Crippen LogP contribution in [0.4, 0.5) is 11.4 Å². The topological polar surface area (TPSA) is 93.6 Å². The lowest BCUT2D eigenvalue weighted by atomic mass is 10.1. The molecule has 0 N–H and O–H groups in total. The summed E-state index contributed by atoms with van der Waals surface area (Å²) in [4.78, 5) is 22.6. The van der Waals surface area contributed by atoms with Gasteiger partial charge in [0.2, 0.25) is 0 Å². The summed E-state index contributed by atoms with van der Waals surface area (Å²) in [6, 6.07) is 6.03. The highest BCUT2D eigenvalue weighted by atomic mass is 16.6. The van der Waals surface area contributed by atoms with Crippen LogP contribution in [-0.4, -0.2) is 26.3 Å². The zero-order valence-electron chi connectivity index (χ0n) is 11.1. The van der Waals surface area contributed by atoms with E-state index in [0.717, 1.165) is 10.6 Å². The van der Waals surface area contributed by atoms with Crippen molar-refractivity contribution in [1.29, 1.82) is 0 Å². The number of nitro groups is 1. The number of carbonyl (C=O) groups is 1. The van der Waals surface area contributed by atoms with Crippen molar-refractivity contribution in [3.63, 3.8) is 0 Å². The summed E-state index contributed by atoms with van der Waals surface area (Å²) in [5.41, 5.74) is 1.30. The third kappa shape index (κ3) is 2.27. The molecule has 0 fully saturated rings. The van der Waals surface area contributed by atoms with E-state index in [1.807, 2.05) is 0 Å². The molecule has 1 aromatic carbocycles. The van der Waals surface area contributed by atoms with E-state index in [4.69, 9.17) is 0 Å². The van der Waals surface area contributed by atoms with Gasteiger partial charge in [-0.1, -0.05) is 12.1 Å². The molecule has 8 nitrogen and oxygen atoms in total. The highest BCUT2D eigenvalue weighted by molar-refractivity contribution is 6.19. The van der Waals surface area contributed by atoms with Gasteiger partial charge >= 0.3 is 0 Å². The van der Waals surface area contributed by atoms with E-state index in [0.29, 0.717) is 5.71 Å². The average molecular weight is 285 g/mol. The Hall–Kier alpha value is -3.03. The van der Waals surface area contributed by atoms with Crippen molar-refractivity contribution in [2.75, 3.05) is 5.01 Å². The van der Waals surface area contributed by atoms with E-state index >= 15 is 0 Å². The maximum absolute atomic E-state index is 12.1. The van der Waals surface area contributed by atoms with Crippen LogP contribution in [0.25, 0.3) is 0 Å². The first-order chi connectivity index (χ1) is 10.1. The molecular formula is C13H11N5O3. The van der Waals surface area contributed by atoms with Gasteiger partial charge in [-0.05, 0) is 6.07 Å². The number of hydrogen-bond donors (Lipinski definition) is 0. The minimum atomic E-state index is -0.528. The molecule has 1 aliphatic rings. The van der Waals surface area contributed by atoms with Crippen LogP contribution in [0.3, 0.4) is 0 Å². The summed E-state index contributed by atoms with van der Waals surface area (Å²) in [5.74, 6) is -0.303. The van der Waals surface area contributed by atoms with Crippen LogP contribution in [0, 0.1) is 10.1 Å². The molecule has 8 heteroatoms. The Bertz CT molecular complexity index is 765. The number of benzene rings is 1. The normalized spacial score (nSPS) is 14.4. The van der Waals surface area contributed by atoms with E-state index in [1.165, 1.54) is 12.1 Å². The zero-order valence-corrected chi connectivity index (χ0v) is 11.1. The quantitative estimate of drug-likeness (QED) is 0.630. The molecule has 0 atom stereocenters. The first kappa shape index (κ1) is 13.0. The number of rotatable bonds is 3. The molecule has 0 radical (unpaired) electrons. The monoisotopic (exact) mass is 285 g/mol. The summed E-state index contributed by atoms with van der Waals surface area (Å²) in [7, 11) is 1.76. The number of nitro benzene ring substituents is 1. The largest absolute Gasteiger partial charge is 0.295 e. The van der Waals surface area contributed by atoms with Crippen molar-refractivity contribution in [2.24, 2.45) is 12.1 Å². The van der Waals surface area contributed by atoms with Crippen molar-refractivity contribution in [3.8, 4) is 0 Å². The molecule has 1 amide bonds. The average Bonchev–Trinajstić information content (AvgIpc) is 3.05. The first-order valence-electron chi connectivity index (χ1n) is 6.19. The second-order valence-electron chi connectivity index (χ2n) is 4.58. The van der Waals surface area contributed by atoms with Crippen molar-refractivity contribution in [2.45, 2.75) is 6.42 Å². The van der Waals surface area contributed by atoms with Crippen molar-refractivity contribution < 1.29 is 9.72 Å². The summed E-state index contributed by atoms with van der Waals surface area (Å²) in [6.07, 6.45) is 3.45. The van der Waals surface area contributed by atoms with Crippen molar-refractivity contribution in [3.05, 3.63) is 52.3 Å². The molecule has 2 heterocycles. The molecule has 0 unspecified atom stereocenters. The van der Waals surface area contributed by atoms with Gasteiger partial charge in [0.1, 0.15) is 5.69 Å². The maximum atomic E-state index is 12.1. The van der Waals surface area contributed by atoms with Gasteiger partial charge in [0.05, 0.1) is 23.3 Å². The molecule has 1 aliphatic heterocycles. The van der Waals surface area contributed by atoms with Gasteiger partial charge in [-0.3, -0.25) is 19.6 Å². The standard InChI is InChI=1S/C13H11N5O3/c1-16-8-9(7-14-16)10-6-13(19)17(15-10)11-4-2-3-5-12(11)18(20)21/h2-5,7-8H,6H2,1H3. The molecular weight excluding hydrogens is 274 g/mol. The van der Waals surface area contributed by atoms with E-state index in [-0.39, 0.29) is 23.7 Å². The molecule has 2 aromatic rings. The number of aryl methyl sites for hydroxylation is 1. The van der Waals surface area contributed by atoms with Crippen LogP contribution in [0.15, 0.2) is 41.8 Å². The fourth-order valence-corrected chi connectivity index (χ4v) is 2.15. The summed E-state index contributed by atoms with van der Waals surface area (Å²) in [6.45, 7) is 0. The van der Waals surface area contributed by atoms with Crippen LogP contribution in [0.2, 0.25) is 0 Å². The van der Waals surface area contributed by atoms with Crippen LogP contribution < -0.4 is 5.01 Å². The minimum Gasteiger partial charge on any atom is -0.275 e. The molecule has 0 spiro atoms. The zero-order chi connectivity index (χ0) is 15.0. The van der Waals surface area contributed by atoms with Crippen molar-refractivity contribution >= 4 is 23.0 Å². The third-order valence-corrected chi connectivity index (χ3v) is 3.12. The Morgan fingerprint density at radius 2 is 2.10 bits per heavy atom. The summed E-state index contributed by atoms with van der Waals surface area (Å²) in [5, 5.41) is 20.4. The highest BCUT2D eigenvalue weighted by Gasteiger charge is 2.30. The number of hydrazone groups is 1. The molecule has 21 heavy (non-hydrogen) atoms. The van der Waals surface area contributed by atoms with Gasteiger partial charge in [-0.25, -0.2) is 0 Å². The Balaban J connectivity index is 2.02. The lowest BCUT2D eigenvalue weighted by Crippen LogP contribution is -2.20. The van der Waals surface area contributed by atoms with Crippen LogP contribution in [0.1, 0.15) is 12.0 Å². The highest BCUT2D eigenvalue weighted by Crippen LogP contribution is 2.31. The lowest BCUT2D eigenvalue weighted by molar-refractivity contribution is -0.384. The number of amides is 1. The Labute approximate surface area is 119 Å². The molecule has 0 saturated carbocycles. The second-order valence-corrected chi connectivity index (χ2v) is 4.58. The molecule has 0 bridgehead atoms. The second kappa shape index (κ2) is 4.82. The predicted molar refractivity (Wildman–Crippen MR) is 74.9 cm³/mol. The Morgan fingerprint density at radius 3 is 2.76 bits per heavy atom. The number of anilines is 1.